The van der Waals surface area contributed by atoms with Crippen LogP contribution in [0, 0.1) is 0 Å². The van der Waals surface area contributed by atoms with E-state index in [0.717, 1.165) is 52.6 Å². The Balaban J connectivity index is 1.61. The summed E-state index contributed by atoms with van der Waals surface area (Å²) in [5.41, 5.74) is 3.02. The van der Waals surface area contributed by atoms with Crippen molar-refractivity contribution in [2.75, 3.05) is 25.5 Å². The Morgan fingerprint density at radius 1 is 1.08 bits per heavy atom. The molecule has 6 nitrogen and oxygen atoms in total. The summed E-state index contributed by atoms with van der Waals surface area (Å²) in [6, 6.07) is 14.2. The molecule has 0 spiro atoms. The highest BCUT2D eigenvalue weighted by molar-refractivity contribution is 5.93. The molecule has 0 atom stereocenters. The Morgan fingerprint density at radius 3 is 2.81 bits per heavy atom. The van der Waals surface area contributed by atoms with Crippen molar-refractivity contribution in [3.63, 3.8) is 0 Å². The summed E-state index contributed by atoms with van der Waals surface area (Å²) < 4.78 is 5.36. The molecule has 3 N–H and O–H groups in total. The van der Waals surface area contributed by atoms with Crippen LogP contribution >= 0.6 is 0 Å². The minimum Gasteiger partial charge on any atom is -0.497 e. The van der Waals surface area contributed by atoms with Crippen molar-refractivity contribution in [2.24, 2.45) is 0 Å². The molecule has 0 bridgehead atoms. The summed E-state index contributed by atoms with van der Waals surface area (Å²) in [5, 5.41) is 8.92. The zero-order chi connectivity index (χ0) is 17.5. The second-order valence-corrected chi connectivity index (χ2v) is 6.57. The van der Waals surface area contributed by atoms with Gasteiger partial charge in [-0.2, -0.15) is 0 Å². The van der Waals surface area contributed by atoms with Gasteiger partial charge in [-0.1, -0.05) is 0 Å². The summed E-state index contributed by atoms with van der Waals surface area (Å²) >= 11 is 0. The Bertz CT molecular complexity index is 1100. The van der Waals surface area contributed by atoms with E-state index in [-0.39, 0.29) is 0 Å². The molecular formula is C20H19N5O. The first-order valence-corrected chi connectivity index (χ1v) is 8.71. The van der Waals surface area contributed by atoms with E-state index in [1.54, 1.807) is 7.11 Å². The average molecular weight is 345 g/mol. The maximum absolute atomic E-state index is 5.36. The maximum atomic E-state index is 5.36. The van der Waals surface area contributed by atoms with Crippen molar-refractivity contribution < 1.29 is 4.74 Å². The largest absolute Gasteiger partial charge is 0.497 e. The van der Waals surface area contributed by atoms with Crippen molar-refractivity contribution in [1.29, 1.82) is 0 Å². The number of H-pyrrole nitrogens is 1. The first kappa shape index (κ1) is 15.2. The van der Waals surface area contributed by atoms with Crippen LogP contribution < -0.4 is 15.4 Å². The summed E-state index contributed by atoms with van der Waals surface area (Å²) in [6.45, 7) is 1.84. The van der Waals surface area contributed by atoms with Crippen LogP contribution in [0.25, 0.3) is 21.8 Å². The summed E-state index contributed by atoms with van der Waals surface area (Å²) in [7, 11) is 1.67. The molecule has 3 heterocycles. The van der Waals surface area contributed by atoms with Crippen LogP contribution in [-0.4, -0.2) is 35.2 Å². The van der Waals surface area contributed by atoms with Gasteiger partial charge in [0, 0.05) is 53.2 Å². The number of nitrogens with one attached hydrogen (secondary N) is 3. The van der Waals surface area contributed by atoms with E-state index in [2.05, 4.69) is 39.9 Å². The van der Waals surface area contributed by atoms with Gasteiger partial charge in [-0.25, -0.2) is 9.97 Å². The molecule has 0 amide bonds. The number of hydrogen-bond donors (Lipinski definition) is 3. The molecule has 2 aromatic carbocycles. The normalized spacial score (nSPS) is 14.5. The summed E-state index contributed by atoms with van der Waals surface area (Å²) in [4.78, 5) is 12.8. The molecule has 0 radical (unpaired) electrons. The summed E-state index contributed by atoms with van der Waals surface area (Å²) in [6.07, 6.45) is 1.95. The van der Waals surface area contributed by atoms with E-state index in [9.17, 15) is 0 Å². The highest BCUT2D eigenvalue weighted by Gasteiger charge is 2.23. The number of anilines is 2. The zero-order valence-electron chi connectivity index (χ0n) is 14.4. The predicted octanol–water partition coefficient (Wildman–Crippen LogP) is 3.55. The fourth-order valence-electron chi connectivity index (χ4n) is 3.27. The van der Waals surface area contributed by atoms with Gasteiger partial charge in [0.1, 0.15) is 17.4 Å². The third kappa shape index (κ3) is 2.55. The molecule has 0 aliphatic carbocycles. The van der Waals surface area contributed by atoms with Crippen molar-refractivity contribution in [3.05, 3.63) is 54.5 Å². The lowest BCUT2D eigenvalue weighted by Crippen LogP contribution is -2.40. The smallest absolute Gasteiger partial charge is 0.142 e. The van der Waals surface area contributed by atoms with Gasteiger partial charge in [-0.05, 0) is 36.4 Å². The minimum atomic E-state index is 0.360. The first-order chi connectivity index (χ1) is 12.8. The van der Waals surface area contributed by atoms with Gasteiger partial charge >= 0.3 is 0 Å². The van der Waals surface area contributed by atoms with E-state index in [0.29, 0.717) is 5.92 Å². The third-order valence-electron chi connectivity index (χ3n) is 4.88. The van der Waals surface area contributed by atoms with Gasteiger partial charge in [-0.3, -0.25) is 0 Å². The van der Waals surface area contributed by atoms with Crippen LogP contribution in [0.15, 0.2) is 48.7 Å². The molecule has 0 unspecified atom stereocenters. The lowest BCUT2D eigenvalue weighted by atomic mass is 10.0. The number of aromatic nitrogens is 3. The number of nitrogens with zero attached hydrogens (tertiary/aromatic N) is 2. The number of fused-ring (bicyclic) bond motifs is 2. The van der Waals surface area contributed by atoms with Gasteiger partial charge in [-0.15, -0.1) is 0 Å². The predicted molar refractivity (Wildman–Crippen MR) is 103 cm³/mol. The molecule has 1 saturated heterocycles. The van der Waals surface area contributed by atoms with E-state index >= 15 is 0 Å². The van der Waals surface area contributed by atoms with Crippen LogP contribution in [0.5, 0.6) is 5.75 Å². The van der Waals surface area contributed by atoms with E-state index < -0.39 is 0 Å². The molecule has 1 aliphatic rings. The second kappa shape index (κ2) is 6.00. The highest BCUT2D eigenvalue weighted by Crippen LogP contribution is 2.30. The van der Waals surface area contributed by atoms with E-state index in [1.807, 2.05) is 24.4 Å². The maximum Gasteiger partial charge on any atom is 0.142 e. The van der Waals surface area contributed by atoms with Crippen LogP contribution in [0.2, 0.25) is 0 Å². The molecule has 2 aromatic heterocycles. The molecule has 130 valence electrons. The number of rotatable bonds is 4. The second-order valence-electron chi connectivity index (χ2n) is 6.57. The fourth-order valence-corrected chi connectivity index (χ4v) is 3.27. The number of hydrogen-bond acceptors (Lipinski definition) is 5. The average Bonchev–Trinajstić information content (AvgIpc) is 3.07. The van der Waals surface area contributed by atoms with Crippen molar-refractivity contribution >= 4 is 33.3 Å². The molecule has 6 heteroatoms. The lowest BCUT2D eigenvalue weighted by Gasteiger charge is -2.26. The fraction of sp³-hybridized carbons (Fsp3) is 0.200. The topological polar surface area (TPSA) is 74.9 Å². The van der Waals surface area contributed by atoms with E-state index in [4.69, 9.17) is 14.7 Å². The number of benzene rings is 2. The third-order valence-corrected chi connectivity index (χ3v) is 4.88. The zero-order valence-corrected chi connectivity index (χ0v) is 14.4. The quantitative estimate of drug-likeness (QED) is 0.527. The number of aromatic amines is 1. The van der Waals surface area contributed by atoms with E-state index in [1.165, 1.54) is 5.39 Å². The molecule has 1 fully saturated rings. The van der Waals surface area contributed by atoms with Gasteiger partial charge < -0.3 is 20.4 Å². The standard InChI is InChI=1S/C20H19N5O/c1-26-15-3-4-16-18(9-15)24-19(13-10-21-11-13)25-20(16)23-14-2-5-17-12(8-14)6-7-22-17/h2-9,13,21-22H,10-11H2,1H3,(H,23,24,25). The van der Waals surface area contributed by atoms with Gasteiger partial charge in [0.2, 0.25) is 0 Å². The Hall–Kier alpha value is -3.12. The molecule has 26 heavy (non-hydrogen) atoms. The first-order valence-electron chi connectivity index (χ1n) is 8.71. The van der Waals surface area contributed by atoms with Crippen molar-refractivity contribution in [2.45, 2.75) is 5.92 Å². The summed E-state index contributed by atoms with van der Waals surface area (Å²) in [5.74, 6) is 2.86. The van der Waals surface area contributed by atoms with Gasteiger partial charge in [0.15, 0.2) is 0 Å². The van der Waals surface area contributed by atoms with Crippen LogP contribution in [0.1, 0.15) is 11.7 Å². The Labute approximate surface area is 150 Å². The molecule has 5 rings (SSSR count). The Kier molecular flexibility index (Phi) is 3.50. The monoisotopic (exact) mass is 345 g/mol. The SMILES string of the molecule is COc1ccc2c(Nc3ccc4[nH]ccc4c3)nc(C3CNC3)nc2c1. The highest BCUT2D eigenvalue weighted by atomic mass is 16.5. The van der Waals surface area contributed by atoms with Crippen LogP contribution in [0.3, 0.4) is 0 Å². The van der Waals surface area contributed by atoms with Crippen molar-refractivity contribution in [3.8, 4) is 5.75 Å². The minimum absolute atomic E-state index is 0.360. The van der Waals surface area contributed by atoms with Gasteiger partial charge in [0.25, 0.3) is 0 Å². The molecular weight excluding hydrogens is 326 g/mol. The Morgan fingerprint density at radius 2 is 2.00 bits per heavy atom. The lowest BCUT2D eigenvalue weighted by molar-refractivity contribution is 0.415. The van der Waals surface area contributed by atoms with Crippen LogP contribution in [-0.2, 0) is 0 Å². The van der Waals surface area contributed by atoms with Crippen molar-refractivity contribution in [1.82, 2.24) is 20.3 Å². The van der Waals surface area contributed by atoms with Gasteiger partial charge in [0.05, 0.1) is 12.6 Å². The van der Waals surface area contributed by atoms with Crippen LogP contribution in [0.4, 0.5) is 11.5 Å². The molecule has 0 saturated carbocycles. The number of ether oxygens (including phenoxy) is 1. The molecule has 4 aromatic rings. The number of methoxy groups -OCH3 is 1. The molecule has 1 aliphatic heterocycles.